The van der Waals surface area contributed by atoms with Crippen molar-refractivity contribution in [2.75, 3.05) is 40.0 Å². The van der Waals surface area contributed by atoms with Crippen molar-refractivity contribution in [3.8, 4) is 0 Å². The van der Waals surface area contributed by atoms with E-state index in [9.17, 15) is 15.0 Å². The van der Waals surface area contributed by atoms with Gasteiger partial charge in [-0.15, -0.1) is 0 Å². The summed E-state index contributed by atoms with van der Waals surface area (Å²) in [5, 5.41) is 25.3. The zero-order chi connectivity index (χ0) is 26.8. The highest BCUT2D eigenvalue weighted by Gasteiger charge is 2.44. The number of halogens is 2. The topological polar surface area (TPSA) is 117 Å². The molecule has 1 aromatic carbocycles. The van der Waals surface area contributed by atoms with Crippen molar-refractivity contribution in [3.05, 3.63) is 34.6 Å². The lowest BCUT2D eigenvalue weighted by atomic mass is 9.82. The number of carbonyl (C=O) groups is 1. The molecule has 5 N–H and O–H groups in total. The molecule has 1 saturated heterocycles. The van der Waals surface area contributed by atoms with E-state index >= 15 is 4.39 Å². The van der Waals surface area contributed by atoms with Crippen LogP contribution in [0.15, 0.2) is 18.2 Å². The van der Waals surface area contributed by atoms with Crippen LogP contribution in [0.3, 0.4) is 0 Å². The molecule has 10 heteroatoms. The van der Waals surface area contributed by atoms with Crippen molar-refractivity contribution in [2.24, 2.45) is 11.7 Å². The fraction of sp³-hybridized carbons (Fsp3) is 0.741. The number of aliphatic hydroxyl groups is 2. The quantitative estimate of drug-likeness (QED) is 0.299. The Hall–Kier alpha value is -1.49. The van der Waals surface area contributed by atoms with Gasteiger partial charge in [-0.3, -0.25) is 0 Å². The van der Waals surface area contributed by atoms with E-state index in [1.54, 1.807) is 18.1 Å². The summed E-state index contributed by atoms with van der Waals surface area (Å²) in [5.41, 5.74) is 4.11. The molecule has 0 bridgehead atoms. The summed E-state index contributed by atoms with van der Waals surface area (Å²) >= 11 is 6.05. The van der Waals surface area contributed by atoms with Gasteiger partial charge >= 0.3 is 6.03 Å². The third-order valence-electron chi connectivity index (χ3n) is 7.79. The van der Waals surface area contributed by atoms with Crippen molar-refractivity contribution in [1.82, 2.24) is 10.2 Å². The summed E-state index contributed by atoms with van der Waals surface area (Å²) in [6.45, 7) is 1.13. The maximum Gasteiger partial charge on any atom is 0.317 e. The molecule has 8 nitrogen and oxygen atoms in total. The molecule has 2 fully saturated rings. The molecule has 1 aliphatic heterocycles. The lowest BCUT2D eigenvalue weighted by Gasteiger charge is -2.43. The van der Waals surface area contributed by atoms with Gasteiger partial charge in [-0.2, -0.15) is 0 Å². The van der Waals surface area contributed by atoms with Crippen molar-refractivity contribution in [1.29, 1.82) is 0 Å². The number of unbranched alkanes of at least 4 members (excludes halogenated alkanes) is 1. The smallest absolute Gasteiger partial charge is 0.317 e. The molecule has 0 aromatic heterocycles. The highest BCUT2D eigenvalue weighted by Crippen LogP contribution is 2.37. The van der Waals surface area contributed by atoms with Crippen molar-refractivity contribution < 1.29 is 28.9 Å². The highest BCUT2D eigenvalue weighted by molar-refractivity contribution is 6.30. The van der Waals surface area contributed by atoms with E-state index in [0.29, 0.717) is 38.3 Å². The molecule has 0 spiro atoms. The summed E-state index contributed by atoms with van der Waals surface area (Å²) in [6.07, 6.45) is 6.15. The van der Waals surface area contributed by atoms with Gasteiger partial charge in [0.15, 0.2) is 0 Å². The van der Waals surface area contributed by atoms with Gasteiger partial charge < -0.3 is 35.6 Å². The average Bonchev–Trinajstić information content (AvgIpc) is 2.92. The van der Waals surface area contributed by atoms with Gasteiger partial charge in [-0.25, -0.2) is 9.18 Å². The number of methoxy groups -OCH3 is 1. The number of hydrogen-bond donors (Lipinski definition) is 4. The first-order valence-electron chi connectivity index (χ1n) is 13.5. The zero-order valence-electron chi connectivity index (χ0n) is 21.8. The van der Waals surface area contributed by atoms with Crippen LogP contribution in [-0.2, 0) is 15.1 Å². The van der Waals surface area contributed by atoms with Crippen LogP contribution in [0.5, 0.6) is 0 Å². The van der Waals surface area contributed by atoms with Gasteiger partial charge in [0, 0.05) is 32.4 Å². The Labute approximate surface area is 224 Å². The number of carbonyl (C=O) groups excluding carboxylic acids is 1. The van der Waals surface area contributed by atoms with Crippen LogP contribution in [0.1, 0.15) is 63.4 Å². The molecular formula is C27H43ClFN3O5. The van der Waals surface area contributed by atoms with E-state index in [0.717, 1.165) is 25.7 Å². The largest absolute Gasteiger partial charge is 0.390 e. The van der Waals surface area contributed by atoms with Crippen LogP contribution in [0.2, 0.25) is 5.02 Å². The zero-order valence-corrected chi connectivity index (χ0v) is 22.6. The SMILES string of the molecule is COCCCC[C@@](O)(c1cccc(Cl)c1F)[C@H]1CN(C(=O)N[C@@H](CC2CCCCC2)[C@H](O)CN)CCO1. The Bertz CT molecular complexity index is 859. The van der Waals surface area contributed by atoms with E-state index in [2.05, 4.69) is 5.32 Å². The first-order chi connectivity index (χ1) is 17.8. The molecule has 1 aliphatic carbocycles. The Balaban J connectivity index is 1.74. The first kappa shape index (κ1) is 30.1. The maximum absolute atomic E-state index is 15.1. The second kappa shape index (κ2) is 14.6. The molecule has 1 saturated carbocycles. The number of urea groups is 1. The maximum atomic E-state index is 15.1. The average molecular weight is 544 g/mol. The molecule has 1 aromatic rings. The number of ether oxygens (including phenoxy) is 2. The van der Waals surface area contributed by atoms with Gasteiger partial charge in [0.05, 0.1) is 30.3 Å². The number of morpholine rings is 1. The monoisotopic (exact) mass is 543 g/mol. The standard InChI is InChI=1S/C27H43ClFN3O5/c1-36-14-6-5-12-27(35,20-10-7-11-21(28)25(20)29)24-18-32(13-15-37-24)26(34)31-22(23(33)17-30)16-19-8-3-2-4-9-19/h7,10-11,19,22-24,33,35H,2-6,8-9,12-18,30H2,1H3,(H,31,34)/t22-,23+,24+,27+/m0/s1. The Kier molecular flexibility index (Phi) is 11.9. The normalized spacial score (nSPS) is 22.3. The molecule has 0 radical (unpaired) electrons. The predicted molar refractivity (Wildman–Crippen MR) is 141 cm³/mol. The Morgan fingerprint density at radius 1 is 1.35 bits per heavy atom. The number of benzene rings is 1. The summed E-state index contributed by atoms with van der Waals surface area (Å²) in [4.78, 5) is 14.9. The third kappa shape index (κ3) is 8.00. The van der Waals surface area contributed by atoms with Crippen LogP contribution >= 0.6 is 11.6 Å². The van der Waals surface area contributed by atoms with Gasteiger partial charge in [0.1, 0.15) is 17.5 Å². The molecule has 3 rings (SSSR count). The molecule has 0 unspecified atom stereocenters. The van der Waals surface area contributed by atoms with Gasteiger partial charge in [0.25, 0.3) is 0 Å². The number of hydrogen-bond acceptors (Lipinski definition) is 6. The van der Waals surface area contributed by atoms with Gasteiger partial charge in [-0.05, 0) is 37.7 Å². The first-order valence-corrected chi connectivity index (χ1v) is 13.9. The van der Waals surface area contributed by atoms with Gasteiger partial charge in [0.2, 0.25) is 0 Å². The number of nitrogens with one attached hydrogen (secondary N) is 1. The summed E-state index contributed by atoms with van der Waals surface area (Å²) < 4.78 is 26.2. The minimum Gasteiger partial charge on any atom is -0.390 e. The Morgan fingerprint density at radius 2 is 2.11 bits per heavy atom. The number of aliphatic hydroxyl groups excluding tert-OH is 1. The van der Waals surface area contributed by atoms with Gasteiger partial charge in [-0.1, -0.05) is 55.8 Å². The lowest BCUT2D eigenvalue weighted by Crippen LogP contribution is -2.59. The lowest BCUT2D eigenvalue weighted by molar-refractivity contribution is -0.147. The van der Waals surface area contributed by atoms with E-state index in [1.807, 2.05) is 0 Å². The molecule has 2 aliphatic rings. The van der Waals surface area contributed by atoms with Crippen LogP contribution in [0.4, 0.5) is 9.18 Å². The van der Waals surface area contributed by atoms with Crippen molar-refractivity contribution >= 4 is 17.6 Å². The van der Waals surface area contributed by atoms with Crippen molar-refractivity contribution in [3.63, 3.8) is 0 Å². The molecule has 1 heterocycles. The van der Waals surface area contributed by atoms with Crippen LogP contribution in [0, 0.1) is 11.7 Å². The molecule has 210 valence electrons. The van der Waals surface area contributed by atoms with E-state index in [4.69, 9.17) is 26.8 Å². The van der Waals surface area contributed by atoms with Crippen LogP contribution < -0.4 is 11.1 Å². The molecule has 4 atom stereocenters. The number of amides is 2. The fourth-order valence-corrected chi connectivity index (χ4v) is 5.75. The summed E-state index contributed by atoms with van der Waals surface area (Å²) in [7, 11) is 1.60. The van der Waals surface area contributed by atoms with Crippen LogP contribution in [0.25, 0.3) is 0 Å². The number of nitrogens with zero attached hydrogens (tertiary/aromatic N) is 1. The van der Waals surface area contributed by atoms with E-state index in [-0.39, 0.29) is 42.7 Å². The van der Waals surface area contributed by atoms with Crippen molar-refractivity contribution in [2.45, 2.75) is 81.6 Å². The van der Waals surface area contributed by atoms with Crippen LogP contribution in [-0.4, -0.2) is 79.4 Å². The second-order valence-corrected chi connectivity index (χ2v) is 10.8. The van der Waals surface area contributed by atoms with E-state index < -0.39 is 29.7 Å². The Morgan fingerprint density at radius 3 is 2.81 bits per heavy atom. The second-order valence-electron chi connectivity index (χ2n) is 10.4. The minimum atomic E-state index is -1.69. The third-order valence-corrected chi connectivity index (χ3v) is 8.08. The number of nitrogens with two attached hydrogens (primary N) is 1. The van der Waals surface area contributed by atoms with E-state index in [1.165, 1.54) is 18.6 Å². The summed E-state index contributed by atoms with van der Waals surface area (Å²) in [5.74, 6) is -0.247. The highest BCUT2D eigenvalue weighted by atomic mass is 35.5. The fourth-order valence-electron chi connectivity index (χ4n) is 5.58. The minimum absolute atomic E-state index is 0.0541. The summed E-state index contributed by atoms with van der Waals surface area (Å²) in [6, 6.07) is 3.73. The molecular weight excluding hydrogens is 501 g/mol. The molecule has 2 amide bonds. The predicted octanol–water partition coefficient (Wildman–Crippen LogP) is 3.55. The number of rotatable bonds is 12. The molecule has 37 heavy (non-hydrogen) atoms.